The van der Waals surface area contributed by atoms with Crippen molar-refractivity contribution in [2.45, 2.75) is 50.5 Å². The van der Waals surface area contributed by atoms with Crippen LogP contribution in [-0.4, -0.2) is 78.6 Å². The molecular weight excluding hydrogens is 342 g/mol. The Balaban J connectivity index is 1.44. The lowest BCUT2D eigenvalue weighted by atomic mass is 9.94. The van der Waals surface area contributed by atoms with E-state index in [1.807, 2.05) is 0 Å². The number of hydrogen-bond acceptors (Lipinski definition) is 7. The lowest BCUT2D eigenvalue weighted by Crippen LogP contribution is -2.51. The standard InChI is InChI=1S/C20H33N5O2/c26-12-7-21-20-22-18(16-6-13-27-15-16)14-19(23-20)25-10-8-24(9-11-25)17-4-2-1-3-5-17/h14,16-17,26H,1-13,15H2,(H,21,22,23)/t16-/m0/s1. The zero-order valence-electron chi connectivity index (χ0n) is 16.3. The van der Waals surface area contributed by atoms with Crippen LogP contribution in [0.1, 0.15) is 50.1 Å². The summed E-state index contributed by atoms with van der Waals surface area (Å²) in [4.78, 5) is 14.5. The van der Waals surface area contributed by atoms with Gasteiger partial charge in [-0.15, -0.1) is 0 Å². The molecule has 3 fully saturated rings. The van der Waals surface area contributed by atoms with Crippen LogP contribution >= 0.6 is 0 Å². The molecule has 1 saturated carbocycles. The Kier molecular flexibility index (Phi) is 6.42. The van der Waals surface area contributed by atoms with Gasteiger partial charge in [-0.25, -0.2) is 4.98 Å². The van der Waals surface area contributed by atoms with Crippen molar-refractivity contribution in [2.75, 3.05) is 62.8 Å². The van der Waals surface area contributed by atoms with E-state index < -0.39 is 0 Å². The fourth-order valence-corrected chi connectivity index (χ4v) is 4.60. The van der Waals surface area contributed by atoms with Gasteiger partial charge in [0.1, 0.15) is 5.82 Å². The summed E-state index contributed by atoms with van der Waals surface area (Å²) in [6.07, 6.45) is 7.95. The first kappa shape index (κ1) is 18.9. The first-order valence-corrected chi connectivity index (χ1v) is 10.6. The number of rotatable bonds is 6. The van der Waals surface area contributed by atoms with Gasteiger partial charge in [-0.05, 0) is 19.3 Å². The highest BCUT2D eigenvalue weighted by Crippen LogP contribution is 2.29. The van der Waals surface area contributed by atoms with E-state index in [0.717, 1.165) is 63.4 Å². The molecule has 1 aromatic rings. The van der Waals surface area contributed by atoms with Gasteiger partial charge in [0.25, 0.3) is 0 Å². The summed E-state index contributed by atoms with van der Waals surface area (Å²) in [6, 6.07) is 2.94. The number of anilines is 2. The molecular formula is C20H33N5O2. The first-order chi connectivity index (χ1) is 13.3. The minimum atomic E-state index is 0.0789. The molecule has 2 aliphatic heterocycles. The summed E-state index contributed by atoms with van der Waals surface area (Å²) in [7, 11) is 0. The molecule has 4 rings (SSSR count). The molecule has 3 aliphatic rings. The fourth-order valence-electron chi connectivity index (χ4n) is 4.60. The number of nitrogens with zero attached hydrogens (tertiary/aromatic N) is 4. The quantitative estimate of drug-likeness (QED) is 0.786. The smallest absolute Gasteiger partial charge is 0.224 e. The molecule has 1 atom stereocenters. The average Bonchev–Trinajstić information content (AvgIpc) is 3.28. The number of aliphatic hydroxyl groups excluding tert-OH is 1. The fraction of sp³-hybridized carbons (Fsp3) is 0.800. The van der Waals surface area contributed by atoms with Crippen LogP contribution in [0.15, 0.2) is 6.07 Å². The second-order valence-electron chi connectivity index (χ2n) is 8.00. The molecule has 150 valence electrons. The van der Waals surface area contributed by atoms with Crippen molar-refractivity contribution >= 4 is 11.8 Å². The lowest BCUT2D eigenvalue weighted by Gasteiger charge is -2.41. The third-order valence-electron chi connectivity index (χ3n) is 6.20. The molecule has 0 unspecified atom stereocenters. The van der Waals surface area contributed by atoms with Gasteiger partial charge >= 0.3 is 0 Å². The Morgan fingerprint density at radius 3 is 2.59 bits per heavy atom. The van der Waals surface area contributed by atoms with Gasteiger partial charge in [-0.3, -0.25) is 4.90 Å². The molecule has 1 aromatic heterocycles. The molecule has 0 bridgehead atoms. The third kappa shape index (κ3) is 4.70. The lowest BCUT2D eigenvalue weighted by molar-refractivity contribution is 0.147. The van der Waals surface area contributed by atoms with E-state index >= 15 is 0 Å². The van der Waals surface area contributed by atoms with Crippen molar-refractivity contribution in [1.82, 2.24) is 14.9 Å². The highest BCUT2D eigenvalue weighted by Gasteiger charge is 2.27. The number of aromatic nitrogens is 2. The van der Waals surface area contributed by atoms with Crippen molar-refractivity contribution in [2.24, 2.45) is 0 Å². The maximum atomic E-state index is 9.13. The Bertz CT molecular complexity index is 594. The van der Waals surface area contributed by atoms with E-state index in [4.69, 9.17) is 14.8 Å². The minimum absolute atomic E-state index is 0.0789. The Morgan fingerprint density at radius 1 is 1.07 bits per heavy atom. The Morgan fingerprint density at radius 2 is 1.89 bits per heavy atom. The molecule has 2 N–H and O–H groups in total. The molecule has 0 radical (unpaired) electrons. The molecule has 0 spiro atoms. The average molecular weight is 376 g/mol. The second kappa shape index (κ2) is 9.17. The predicted octanol–water partition coefficient (Wildman–Crippen LogP) is 1.84. The number of piperazine rings is 1. The van der Waals surface area contributed by atoms with Gasteiger partial charge in [0.15, 0.2) is 0 Å². The van der Waals surface area contributed by atoms with E-state index in [-0.39, 0.29) is 6.61 Å². The molecule has 7 heteroatoms. The van der Waals surface area contributed by atoms with E-state index in [0.29, 0.717) is 18.4 Å². The predicted molar refractivity (Wildman–Crippen MR) is 106 cm³/mol. The molecule has 2 saturated heterocycles. The topological polar surface area (TPSA) is 73.8 Å². The molecule has 0 amide bonds. The van der Waals surface area contributed by atoms with Crippen LogP contribution < -0.4 is 10.2 Å². The minimum Gasteiger partial charge on any atom is -0.395 e. The van der Waals surface area contributed by atoms with Gasteiger partial charge in [0.05, 0.1) is 18.9 Å². The zero-order chi connectivity index (χ0) is 18.5. The van der Waals surface area contributed by atoms with Crippen LogP contribution in [0.25, 0.3) is 0 Å². The highest BCUT2D eigenvalue weighted by molar-refractivity contribution is 5.46. The van der Waals surface area contributed by atoms with Gasteiger partial charge in [-0.2, -0.15) is 4.98 Å². The summed E-state index contributed by atoms with van der Waals surface area (Å²) >= 11 is 0. The van der Waals surface area contributed by atoms with E-state index in [1.54, 1.807) is 0 Å². The van der Waals surface area contributed by atoms with Crippen molar-refractivity contribution in [1.29, 1.82) is 0 Å². The molecule has 7 nitrogen and oxygen atoms in total. The van der Waals surface area contributed by atoms with E-state index in [2.05, 4.69) is 26.2 Å². The zero-order valence-corrected chi connectivity index (χ0v) is 16.3. The number of nitrogens with one attached hydrogen (secondary N) is 1. The maximum Gasteiger partial charge on any atom is 0.224 e. The summed E-state index contributed by atoms with van der Waals surface area (Å²) in [5.41, 5.74) is 1.06. The maximum absolute atomic E-state index is 9.13. The summed E-state index contributed by atoms with van der Waals surface area (Å²) < 4.78 is 5.56. The largest absolute Gasteiger partial charge is 0.395 e. The SMILES string of the molecule is OCCNc1nc([C@H]2CCOC2)cc(N2CCN(C3CCCCC3)CC2)n1. The van der Waals surface area contributed by atoms with Crippen LogP contribution in [0.3, 0.4) is 0 Å². The molecule has 3 heterocycles. The van der Waals surface area contributed by atoms with E-state index in [1.165, 1.54) is 32.1 Å². The van der Waals surface area contributed by atoms with Crippen LogP contribution in [0.2, 0.25) is 0 Å². The normalized spacial score (nSPS) is 25.1. The van der Waals surface area contributed by atoms with Crippen molar-refractivity contribution in [3.63, 3.8) is 0 Å². The molecule has 27 heavy (non-hydrogen) atoms. The monoisotopic (exact) mass is 375 g/mol. The van der Waals surface area contributed by atoms with Crippen molar-refractivity contribution < 1.29 is 9.84 Å². The summed E-state index contributed by atoms with van der Waals surface area (Å²) in [5, 5.41) is 12.3. The Hall–Kier alpha value is -1.44. The summed E-state index contributed by atoms with van der Waals surface area (Å²) in [5.74, 6) is 1.98. The summed E-state index contributed by atoms with van der Waals surface area (Å²) in [6.45, 7) is 6.39. The van der Waals surface area contributed by atoms with E-state index in [9.17, 15) is 0 Å². The van der Waals surface area contributed by atoms with Crippen LogP contribution in [0.5, 0.6) is 0 Å². The first-order valence-electron chi connectivity index (χ1n) is 10.6. The van der Waals surface area contributed by atoms with Crippen LogP contribution in [0.4, 0.5) is 11.8 Å². The van der Waals surface area contributed by atoms with Crippen LogP contribution in [0, 0.1) is 0 Å². The van der Waals surface area contributed by atoms with Crippen molar-refractivity contribution in [3.8, 4) is 0 Å². The Labute approximate surface area is 162 Å². The van der Waals surface area contributed by atoms with Gasteiger partial charge in [0, 0.05) is 57.4 Å². The van der Waals surface area contributed by atoms with Gasteiger partial charge < -0.3 is 20.1 Å². The number of hydrogen-bond donors (Lipinski definition) is 2. The number of aliphatic hydroxyl groups is 1. The molecule has 0 aromatic carbocycles. The number of ether oxygens (including phenoxy) is 1. The molecule has 1 aliphatic carbocycles. The third-order valence-corrected chi connectivity index (χ3v) is 6.20. The highest BCUT2D eigenvalue weighted by atomic mass is 16.5. The van der Waals surface area contributed by atoms with Gasteiger partial charge in [-0.1, -0.05) is 19.3 Å². The second-order valence-corrected chi connectivity index (χ2v) is 8.00. The van der Waals surface area contributed by atoms with Crippen LogP contribution in [-0.2, 0) is 4.74 Å². The van der Waals surface area contributed by atoms with Crippen molar-refractivity contribution in [3.05, 3.63) is 11.8 Å². The van der Waals surface area contributed by atoms with Gasteiger partial charge in [0.2, 0.25) is 5.95 Å².